The molecule has 1 aromatic heterocycles. The van der Waals surface area contributed by atoms with Crippen LogP contribution in [0.4, 0.5) is 0 Å². The number of para-hydroxylation sites is 1. The maximum atomic E-state index is 13.6. The molecule has 5 N–H and O–H groups in total. The molecule has 2 aromatic carbocycles. The fourth-order valence-corrected chi connectivity index (χ4v) is 5.97. The number of carbonyl (C=O) groups is 2. The molecular weight excluding hydrogens is 653 g/mol. The normalized spacial score (nSPS) is 18.6. The van der Waals surface area contributed by atoms with Gasteiger partial charge in [-0.2, -0.15) is 0 Å². The van der Waals surface area contributed by atoms with E-state index in [1.807, 2.05) is 38.1 Å². The number of hydrogen-bond acceptors (Lipinski definition) is 7. The second-order valence-electron chi connectivity index (χ2n) is 10.6. The van der Waals surface area contributed by atoms with Crippen LogP contribution in [-0.2, 0) is 22.6 Å². The Hall–Kier alpha value is -3.13. The van der Waals surface area contributed by atoms with Crippen molar-refractivity contribution in [2.45, 2.75) is 51.5 Å². The number of amides is 2. The molecule has 0 bridgehead atoms. The molecule has 3 atom stereocenters. The van der Waals surface area contributed by atoms with Crippen LogP contribution < -0.4 is 14.8 Å². The Balaban J connectivity index is 1.68. The zero-order chi connectivity index (χ0) is 30.4. The molecule has 1 heterocycles. The highest BCUT2D eigenvalue weighted by Gasteiger charge is 2.41. The van der Waals surface area contributed by atoms with Gasteiger partial charge in [0.25, 0.3) is 0 Å². The molecule has 0 saturated carbocycles. The third-order valence-corrected chi connectivity index (χ3v) is 8.13. The maximum absolute atomic E-state index is 13.6. The fourth-order valence-electron chi connectivity index (χ4n) is 5.17. The molecule has 10 nitrogen and oxygen atoms in total. The Bertz CT molecular complexity index is 1400. The van der Waals surface area contributed by atoms with Crippen molar-refractivity contribution in [3.8, 4) is 11.5 Å². The molecule has 1 aliphatic carbocycles. The Morgan fingerprint density at radius 3 is 2.62 bits per heavy atom. The van der Waals surface area contributed by atoms with Crippen LogP contribution in [0.2, 0.25) is 0 Å². The number of aliphatic hydroxyl groups excluding tert-OH is 3. The van der Waals surface area contributed by atoms with E-state index >= 15 is 0 Å². The number of ether oxygens (including phenoxy) is 2. The van der Waals surface area contributed by atoms with Gasteiger partial charge in [0.05, 0.1) is 29.9 Å². The van der Waals surface area contributed by atoms with Crippen molar-refractivity contribution in [2.75, 3.05) is 26.8 Å². The fraction of sp³-hybridized carbons (Fsp3) is 0.419. The molecule has 2 amide bonds. The van der Waals surface area contributed by atoms with Gasteiger partial charge in [0.15, 0.2) is 11.5 Å². The van der Waals surface area contributed by atoms with E-state index in [-0.39, 0.29) is 38.0 Å². The van der Waals surface area contributed by atoms with E-state index in [1.165, 1.54) is 7.11 Å². The first kappa shape index (κ1) is 31.8. The first-order valence-corrected chi connectivity index (χ1v) is 15.0. The molecule has 1 aliphatic rings. The van der Waals surface area contributed by atoms with Gasteiger partial charge in [-0.25, -0.2) is 0 Å². The molecule has 4 rings (SSSR count). The van der Waals surface area contributed by atoms with E-state index in [2.05, 4.69) is 39.0 Å². The van der Waals surface area contributed by atoms with E-state index in [0.717, 1.165) is 16.6 Å². The van der Waals surface area contributed by atoms with Gasteiger partial charge in [-0.05, 0) is 63.9 Å². The summed E-state index contributed by atoms with van der Waals surface area (Å²) in [4.78, 5) is 31.7. The van der Waals surface area contributed by atoms with Crippen molar-refractivity contribution in [2.24, 2.45) is 5.92 Å². The summed E-state index contributed by atoms with van der Waals surface area (Å²) >= 11 is 2.07. The molecule has 11 heteroatoms. The topological polar surface area (TPSA) is 144 Å². The lowest BCUT2D eigenvalue weighted by atomic mass is 9.87. The Labute approximate surface area is 258 Å². The summed E-state index contributed by atoms with van der Waals surface area (Å²) in [5.74, 6) is -0.172. The Kier molecular flexibility index (Phi) is 10.9. The molecular formula is C31H38IN3O7. The average Bonchev–Trinajstić information content (AvgIpc) is 3.41. The number of aliphatic hydroxyl groups is 3. The maximum Gasteiger partial charge on any atom is 0.247 e. The van der Waals surface area contributed by atoms with E-state index in [4.69, 9.17) is 9.47 Å². The van der Waals surface area contributed by atoms with E-state index < -0.39 is 24.2 Å². The average molecular weight is 692 g/mol. The van der Waals surface area contributed by atoms with Gasteiger partial charge in [0, 0.05) is 48.6 Å². The standard InChI is InChI=1S/C31H38IN3O7/c1-18(2)31(40)35(10-8-22-14-20-6-4-5-7-24(20)34-22)25-15-21(30(39)33-9-11-36)16-26(28(25)38)42-29-23(32)12-19(17-37)13-27(29)41-3/h4-7,12-14,16,18,25-26,28,34,36-38H,8-11,15,17H2,1-3H3,(H,33,39)/t25-,26+,28+/m1/s1. The summed E-state index contributed by atoms with van der Waals surface area (Å²) < 4.78 is 12.5. The zero-order valence-corrected chi connectivity index (χ0v) is 26.1. The molecule has 3 aromatic rings. The highest BCUT2D eigenvalue weighted by Crippen LogP contribution is 2.37. The summed E-state index contributed by atoms with van der Waals surface area (Å²) in [5, 5.41) is 34.3. The van der Waals surface area contributed by atoms with Gasteiger partial charge in [-0.1, -0.05) is 32.0 Å². The summed E-state index contributed by atoms with van der Waals surface area (Å²) in [5.41, 5.74) is 2.94. The van der Waals surface area contributed by atoms with E-state index in [1.54, 1.807) is 23.1 Å². The molecule has 0 aliphatic heterocycles. The smallest absolute Gasteiger partial charge is 0.247 e. The third-order valence-electron chi connectivity index (χ3n) is 7.33. The molecule has 0 unspecified atom stereocenters. The van der Waals surface area contributed by atoms with Gasteiger partial charge in [0.1, 0.15) is 12.2 Å². The summed E-state index contributed by atoms with van der Waals surface area (Å²) in [6.07, 6.45) is 0.0472. The van der Waals surface area contributed by atoms with Crippen molar-refractivity contribution >= 4 is 45.3 Å². The summed E-state index contributed by atoms with van der Waals surface area (Å²) in [7, 11) is 1.48. The van der Waals surface area contributed by atoms with Gasteiger partial charge in [-0.15, -0.1) is 0 Å². The summed E-state index contributed by atoms with van der Waals surface area (Å²) in [6.45, 7) is 3.59. The number of aromatic nitrogens is 1. The minimum atomic E-state index is -1.16. The first-order chi connectivity index (χ1) is 20.2. The number of halogens is 1. The van der Waals surface area contributed by atoms with Crippen LogP contribution in [-0.4, -0.2) is 82.1 Å². The van der Waals surface area contributed by atoms with Gasteiger partial charge < -0.3 is 40.0 Å². The van der Waals surface area contributed by atoms with Crippen LogP contribution in [0.15, 0.2) is 54.1 Å². The molecule has 42 heavy (non-hydrogen) atoms. The molecule has 226 valence electrons. The lowest BCUT2D eigenvalue weighted by molar-refractivity contribution is -0.141. The second kappa shape index (κ2) is 14.4. The minimum Gasteiger partial charge on any atom is -0.493 e. The number of H-pyrrole nitrogens is 1. The summed E-state index contributed by atoms with van der Waals surface area (Å²) in [6, 6.07) is 12.6. The van der Waals surface area contributed by atoms with Crippen LogP contribution in [0, 0.1) is 9.49 Å². The van der Waals surface area contributed by atoms with Crippen molar-refractivity contribution in [3.63, 3.8) is 0 Å². The molecule has 0 radical (unpaired) electrons. The van der Waals surface area contributed by atoms with Crippen LogP contribution in [0.5, 0.6) is 11.5 Å². The monoisotopic (exact) mass is 691 g/mol. The zero-order valence-electron chi connectivity index (χ0n) is 24.0. The van der Waals surface area contributed by atoms with Gasteiger partial charge in [-0.3, -0.25) is 9.59 Å². The van der Waals surface area contributed by atoms with Crippen LogP contribution in [0.1, 0.15) is 31.5 Å². The van der Waals surface area contributed by atoms with Crippen molar-refractivity contribution in [3.05, 3.63) is 68.9 Å². The highest BCUT2D eigenvalue weighted by atomic mass is 127. The SMILES string of the molecule is COc1cc(CO)cc(I)c1O[C@H]1C=C(C(=O)NCCO)C[C@@H](N(CCc2cc3ccccc3[nH]2)C(=O)C(C)C)[C@@H]1O. The Morgan fingerprint density at radius 1 is 1.19 bits per heavy atom. The number of hydrogen-bond donors (Lipinski definition) is 5. The largest absolute Gasteiger partial charge is 0.493 e. The molecule has 0 spiro atoms. The van der Waals surface area contributed by atoms with E-state index in [0.29, 0.717) is 39.2 Å². The first-order valence-electron chi connectivity index (χ1n) is 14.0. The lowest BCUT2D eigenvalue weighted by Crippen LogP contribution is -2.56. The molecule has 0 fully saturated rings. The number of rotatable bonds is 12. The third kappa shape index (κ3) is 7.25. The van der Waals surface area contributed by atoms with Crippen molar-refractivity contribution in [1.82, 2.24) is 15.2 Å². The minimum absolute atomic E-state index is 0.0677. The Morgan fingerprint density at radius 2 is 1.95 bits per heavy atom. The predicted molar refractivity (Wildman–Crippen MR) is 167 cm³/mol. The molecule has 0 saturated heterocycles. The highest BCUT2D eigenvalue weighted by molar-refractivity contribution is 14.1. The number of aromatic amines is 1. The lowest BCUT2D eigenvalue weighted by Gasteiger charge is -2.41. The van der Waals surface area contributed by atoms with Crippen LogP contribution in [0.25, 0.3) is 10.9 Å². The van der Waals surface area contributed by atoms with E-state index in [9.17, 15) is 24.9 Å². The van der Waals surface area contributed by atoms with Crippen molar-refractivity contribution in [1.29, 1.82) is 0 Å². The van der Waals surface area contributed by atoms with Gasteiger partial charge in [0.2, 0.25) is 11.8 Å². The van der Waals surface area contributed by atoms with Crippen molar-refractivity contribution < 1.29 is 34.4 Å². The predicted octanol–water partition coefficient (Wildman–Crippen LogP) is 2.92. The van der Waals surface area contributed by atoms with Crippen LogP contribution >= 0.6 is 22.6 Å². The van der Waals surface area contributed by atoms with Gasteiger partial charge >= 0.3 is 0 Å². The number of nitrogens with one attached hydrogen (secondary N) is 2. The number of benzene rings is 2. The number of carbonyl (C=O) groups excluding carboxylic acids is 2. The number of methoxy groups -OCH3 is 1. The number of nitrogens with zero attached hydrogens (tertiary/aromatic N) is 1. The second-order valence-corrected chi connectivity index (χ2v) is 11.8. The quantitative estimate of drug-likeness (QED) is 0.184. The number of fused-ring (bicyclic) bond motifs is 1. The van der Waals surface area contributed by atoms with Crippen LogP contribution in [0.3, 0.4) is 0 Å².